The first-order chi connectivity index (χ1) is 11.1. The van der Waals surface area contributed by atoms with Crippen molar-refractivity contribution >= 4 is 5.91 Å². The van der Waals surface area contributed by atoms with Crippen LogP contribution in [0.4, 0.5) is 0 Å². The number of nitrogens with zero attached hydrogens (tertiary/aromatic N) is 3. The molecular formula is C18H33N3O2. The number of rotatable bonds is 3. The summed E-state index contributed by atoms with van der Waals surface area (Å²) in [5.74, 6) is 1.79. The number of ether oxygens (including phenoxy) is 1. The van der Waals surface area contributed by atoms with Gasteiger partial charge in [-0.3, -0.25) is 9.69 Å². The van der Waals surface area contributed by atoms with E-state index < -0.39 is 0 Å². The van der Waals surface area contributed by atoms with Gasteiger partial charge >= 0.3 is 0 Å². The highest BCUT2D eigenvalue weighted by molar-refractivity contribution is 5.73. The van der Waals surface area contributed by atoms with Crippen LogP contribution < -0.4 is 0 Å². The Labute approximate surface area is 140 Å². The van der Waals surface area contributed by atoms with Crippen LogP contribution in [0.25, 0.3) is 0 Å². The van der Waals surface area contributed by atoms with Crippen molar-refractivity contribution in [1.82, 2.24) is 14.7 Å². The highest BCUT2D eigenvalue weighted by Crippen LogP contribution is 2.26. The number of likely N-dealkylation sites (tertiary alicyclic amines) is 1. The molecule has 23 heavy (non-hydrogen) atoms. The van der Waals surface area contributed by atoms with Crippen LogP contribution in [0.15, 0.2) is 0 Å². The van der Waals surface area contributed by atoms with E-state index in [4.69, 9.17) is 4.74 Å². The Morgan fingerprint density at radius 1 is 1.09 bits per heavy atom. The first-order valence-electron chi connectivity index (χ1n) is 9.43. The lowest BCUT2D eigenvalue weighted by atomic mass is 10.00. The van der Waals surface area contributed by atoms with Crippen LogP contribution in [0.1, 0.15) is 33.1 Å². The maximum absolute atomic E-state index is 11.6. The maximum Gasteiger partial charge on any atom is 0.219 e. The lowest BCUT2D eigenvalue weighted by molar-refractivity contribution is -0.128. The molecule has 3 heterocycles. The molecule has 3 aliphatic heterocycles. The van der Waals surface area contributed by atoms with Crippen LogP contribution in [-0.2, 0) is 9.53 Å². The van der Waals surface area contributed by atoms with Gasteiger partial charge in [-0.05, 0) is 31.1 Å². The summed E-state index contributed by atoms with van der Waals surface area (Å²) in [5.41, 5.74) is 0. The normalized spacial score (nSPS) is 32.2. The quantitative estimate of drug-likeness (QED) is 0.784. The van der Waals surface area contributed by atoms with Crippen molar-refractivity contribution in [2.45, 2.75) is 39.2 Å². The van der Waals surface area contributed by atoms with Crippen molar-refractivity contribution in [3.8, 4) is 0 Å². The second-order valence-electron chi connectivity index (χ2n) is 7.71. The number of carbonyl (C=O) groups excluding carboxylic acids is 1. The predicted octanol–water partition coefficient (Wildman–Crippen LogP) is 1.29. The zero-order chi connectivity index (χ0) is 16.2. The van der Waals surface area contributed by atoms with Crippen molar-refractivity contribution in [2.24, 2.45) is 11.8 Å². The van der Waals surface area contributed by atoms with Gasteiger partial charge < -0.3 is 14.5 Å². The second kappa shape index (κ2) is 7.95. The van der Waals surface area contributed by atoms with Gasteiger partial charge in [-0.2, -0.15) is 0 Å². The van der Waals surface area contributed by atoms with E-state index in [0.29, 0.717) is 6.04 Å². The van der Waals surface area contributed by atoms with Crippen LogP contribution in [-0.4, -0.2) is 85.7 Å². The summed E-state index contributed by atoms with van der Waals surface area (Å²) in [6.07, 6.45) is 3.57. The van der Waals surface area contributed by atoms with Crippen LogP contribution in [0.5, 0.6) is 0 Å². The SMILES string of the molecule is CC(=O)N1CCCN([C@H]2CN(CC3CCOCC3)C[C@H]2C)CC1. The molecule has 0 aliphatic carbocycles. The summed E-state index contributed by atoms with van der Waals surface area (Å²) in [4.78, 5) is 18.9. The fourth-order valence-corrected chi connectivity index (χ4v) is 4.55. The molecule has 3 saturated heterocycles. The van der Waals surface area contributed by atoms with Gasteiger partial charge in [0.25, 0.3) is 0 Å². The summed E-state index contributed by atoms with van der Waals surface area (Å²) in [6, 6.07) is 0.668. The molecule has 0 aromatic carbocycles. The molecule has 0 unspecified atom stereocenters. The number of amides is 1. The first kappa shape index (κ1) is 17.2. The predicted molar refractivity (Wildman–Crippen MR) is 91.4 cm³/mol. The minimum atomic E-state index is 0.229. The lowest BCUT2D eigenvalue weighted by Crippen LogP contribution is -2.43. The summed E-state index contributed by atoms with van der Waals surface area (Å²) in [7, 11) is 0. The van der Waals surface area contributed by atoms with Gasteiger partial charge in [-0.1, -0.05) is 6.92 Å². The molecule has 1 amide bonds. The smallest absolute Gasteiger partial charge is 0.219 e. The zero-order valence-corrected chi connectivity index (χ0v) is 14.9. The van der Waals surface area contributed by atoms with Crippen LogP contribution >= 0.6 is 0 Å². The molecule has 0 saturated carbocycles. The van der Waals surface area contributed by atoms with E-state index in [2.05, 4.69) is 16.7 Å². The zero-order valence-electron chi connectivity index (χ0n) is 14.9. The lowest BCUT2D eigenvalue weighted by Gasteiger charge is -2.31. The Morgan fingerprint density at radius 2 is 1.87 bits per heavy atom. The van der Waals surface area contributed by atoms with Gasteiger partial charge in [0.05, 0.1) is 0 Å². The Kier molecular flexibility index (Phi) is 5.94. The van der Waals surface area contributed by atoms with Crippen LogP contribution in [0.3, 0.4) is 0 Å². The van der Waals surface area contributed by atoms with Gasteiger partial charge in [0, 0.05) is 72.0 Å². The summed E-state index contributed by atoms with van der Waals surface area (Å²) in [5, 5.41) is 0. The average molecular weight is 323 g/mol. The molecule has 3 rings (SSSR count). The van der Waals surface area contributed by atoms with E-state index in [1.165, 1.54) is 32.5 Å². The largest absolute Gasteiger partial charge is 0.381 e. The molecule has 5 nitrogen and oxygen atoms in total. The third-order valence-electron chi connectivity index (χ3n) is 5.95. The van der Waals surface area contributed by atoms with E-state index in [-0.39, 0.29) is 5.91 Å². The van der Waals surface area contributed by atoms with Gasteiger partial charge in [0.2, 0.25) is 5.91 Å². The van der Waals surface area contributed by atoms with E-state index in [9.17, 15) is 4.79 Å². The Hall–Kier alpha value is -0.650. The summed E-state index contributed by atoms with van der Waals surface area (Å²) < 4.78 is 5.49. The van der Waals surface area contributed by atoms with Crippen molar-refractivity contribution < 1.29 is 9.53 Å². The summed E-state index contributed by atoms with van der Waals surface area (Å²) >= 11 is 0. The Balaban J connectivity index is 1.50. The standard InChI is InChI=1S/C18H33N3O2/c1-15-12-19(13-17-4-10-23-11-5-17)14-18(15)21-7-3-6-20(8-9-21)16(2)22/h15,17-18H,3-14H2,1-2H3/t15-,18+/m1/s1. The molecule has 0 aromatic heterocycles. The van der Waals surface area contributed by atoms with Crippen molar-refractivity contribution in [2.75, 3.05) is 59.0 Å². The first-order valence-corrected chi connectivity index (χ1v) is 9.43. The van der Waals surface area contributed by atoms with Gasteiger partial charge in [0.1, 0.15) is 0 Å². The second-order valence-corrected chi connectivity index (χ2v) is 7.71. The van der Waals surface area contributed by atoms with E-state index in [1.54, 1.807) is 6.92 Å². The molecule has 2 atom stereocenters. The van der Waals surface area contributed by atoms with E-state index >= 15 is 0 Å². The molecule has 0 spiro atoms. The molecular weight excluding hydrogens is 290 g/mol. The molecule has 3 fully saturated rings. The monoisotopic (exact) mass is 323 g/mol. The number of carbonyl (C=O) groups is 1. The minimum Gasteiger partial charge on any atom is -0.381 e. The highest BCUT2D eigenvalue weighted by atomic mass is 16.5. The Bertz CT molecular complexity index is 398. The minimum absolute atomic E-state index is 0.229. The molecule has 0 N–H and O–H groups in total. The average Bonchev–Trinajstić information content (AvgIpc) is 2.75. The topological polar surface area (TPSA) is 36.0 Å². The molecule has 5 heteroatoms. The van der Waals surface area contributed by atoms with Crippen molar-refractivity contribution in [1.29, 1.82) is 0 Å². The molecule has 0 radical (unpaired) electrons. The third-order valence-corrected chi connectivity index (χ3v) is 5.95. The fourth-order valence-electron chi connectivity index (χ4n) is 4.55. The Morgan fingerprint density at radius 3 is 2.61 bits per heavy atom. The van der Waals surface area contributed by atoms with Crippen molar-refractivity contribution in [3.05, 3.63) is 0 Å². The third kappa shape index (κ3) is 4.46. The maximum atomic E-state index is 11.6. The fraction of sp³-hybridized carbons (Fsp3) is 0.944. The summed E-state index contributed by atoms with van der Waals surface area (Å²) in [6.45, 7) is 13.7. The van der Waals surface area contributed by atoms with E-state index in [1.807, 2.05) is 4.90 Å². The highest BCUT2D eigenvalue weighted by Gasteiger charge is 2.35. The van der Waals surface area contributed by atoms with Gasteiger partial charge in [0.15, 0.2) is 0 Å². The molecule has 0 aromatic rings. The molecule has 3 aliphatic rings. The van der Waals surface area contributed by atoms with Gasteiger partial charge in [-0.15, -0.1) is 0 Å². The van der Waals surface area contributed by atoms with Crippen LogP contribution in [0.2, 0.25) is 0 Å². The number of hydrogen-bond acceptors (Lipinski definition) is 4. The molecule has 132 valence electrons. The van der Waals surface area contributed by atoms with E-state index in [0.717, 1.165) is 57.6 Å². The van der Waals surface area contributed by atoms with Crippen molar-refractivity contribution in [3.63, 3.8) is 0 Å². The van der Waals surface area contributed by atoms with Gasteiger partial charge in [-0.25, -0.2) is 0 Å². The molecule has 0 bridgehead atoms. The number of hydrogen-bond donors (Lipinski definition) is 0. The van der Waals surface area contributed by atoms with Crippen LogP contribution in [0, 0.1) is 11.8 Å².